The van der Waals surface area contributed by atoms with E-state index in [2.05, 4.69) is 9.88 Å². The van der Waals surface area contributed by atoms with Crippen LogP contribution in [0.3, 0.4) is 0 Å². The highest BCUT2D eigenvalue weighted by molar-refractivity contribution is 5.48. The van der Waals surface area contributed by atoms with Crippen LogP contribution >= 0.6 is 0 Å². The zero-order chi connectivity index (χ0) is 13.2. The van der Waals surface area contributed by atoms with E-state index in [1.807, 2.05) is 0 Å². The first-order valence-corrected chi connectivity index (χ1v) is 7.31. The summed E-state index contributed by atoms with van der Waals surface area (Å²) in [7, 11) is 0. The predicted octanol–water partition coefficient (Wildman–Crippen LogP) is 2.87. The first-order valence-electron chi connectivity index (χ1n) is 7.31. The molecule has 2 aliphatic rings. The minimum atomic E-state index is -0.370. The van der Waals surface area contributed by atoms with Gasteiger partial charge in [-0.2, -0.15) is 0 Å². The van der Waals surface area contributed by atoms with E-state index in [-0.39, 0.29) is 12.4 Å². The van der Waals surface area contributed by atoms with Crippen molar-refractivity contribution < 1.29 is 9.50 Å². The van der Waals surface area contributed by atoms with Gasteiger partial charge in [0, 0.05) is 18.2 Å². The van der Waals surface area contributed by atoms with Gasteiger partial charge in [-0.05, 0) is 37.7 Å². The Bertz CT molecular complexity index is 450. The minimum Gasteiger partial charge on any atom is -0.392 e. The lowest BCUT2D eigenvalue weighted by Gasteiger charge is -2.45. The maximum Gasteiger partial charge on any atom is 0.142 e. The van der Waals surface area contributed by atoms with Gasteiger partial charge in [0.15, 0.2) is 0 Å². The lowest BCUT2D eigenvalue weighted by molar-refractivity contribution is 0.239. The van der Waals surface area contributed by atoms with E-state index < -0.39 is 0 Å². The molecule has 104 valence electrons. The smallest absolute Gasteiger partial charge is 0.142 e. The summed E-state index contributed by atoms with van der Waals surface area (Å²) in [6.07, 6.45) is 8.85. The van der Waals surface area contributed by atoms with Crippen molar-refractivity contribution in [3.8, 4) is 0 Å². The summed E-state index contributed by atoms with van der Waals surface area (Å²) >= 11 is 0. The molecule has 0 radical (unpaired) electrons. The van der Waals surface area contributed by atoms with E-state index in [1.54, 1.807) is 0 Å². The molecular formula is C15H21FN2O. The van der Waals surface area contributed by atoms with Crippen molar-refractivity contribution in [3.63, 3.8) is 0 Å². The number of aliphatic hydroxyl groups is 1. The number of aliphatic hydroxyl groups excluding tert-OH is 1. The third-order valence-corrected chi connectivity index (χ3v) is 4.60. The molecule has 1 aliphatic heterocycles. The third kappa shape index (κ3) is 2.46. The van der Waals surface area contributed by atoms with E-state index in [0.717, 1.165) is 18.3 Å². The Morgan fingerprint density at radius 1 is 1.26 bits per heavy atom. The number of anilines is 1. The summed E-state index contributed by atoms with van der Waals surface area (Å²) in [5, 5.41) is 9.44. The van der Waals surface area contributed by atoms with Crippen LogP contribution in [0.1, 0.15) is 44.1 Å². The topological polar surface area (TPSA) is 36.4 Å². The van der Waals surface area contributed by atoms with Crippen LogP contribution < -0.4 is 4.90 Å². The number of rotatable bonds is 2. The Labute approximate surface area is 113 Å². The second-order valence-corrected chi connectivity index (χ2v) is 5.74. The van der Waals surface area contributed by atoms with E-state index in [0.29, 0.717) is 11.6 Å². The molecule has 1 aromatic heterocycles. The van der Waals surface area contributed by atoms with Crippen LogP contribution in [0.5, 0.6) is 0 Å². The van der Waals surface area contributed by atoms with Crippen molar-refractivity contribution in [3.05, 3.63) is 23.6 Å². The Hall–Kier alpha value is -1.16. The number of fused-ring (bicyclic) bond motifs is 1. The molecule has 0 spiro atoms. The number of pyridine rings is 1. The molecule has 3 rings (SSSR count). The van der Waals surface area contributed by atoms with Crippen molar-refractivity contribution in [1.29, 1.82) is 0 Å². The first kappa shape index (κ1) is 12.9. The highest BCUT2D eigenvalue weighted by Gasteiger charge is 2.34. The SMILES string of the molecule is OCc1cc(F)cnc1N1CCCC2CCCCC21. The quantitative estimate of drug-likeness (QED) is 0.892. The van der Waals surface area contributed by atoms with Crippen molar-refractivity contribution in [1.82, 2.24) is 4.98 Å². The van der Waals surface area contributed by atoms with Crippen molar-refractivity contribution in [2.45, 2.75) is 51.2 Å². The van der Waals surface area contributed by atoms with E-state index >= 15 is 0 Å². The molecule has 4 heteroatoms. The van der Waals surface area contributed by atoms with Gasteiger partial charge in [-0.3, -0.25) is 0 Å². The Kier molecular flexibility index (Phi) is 3.69. The lowest BCUT2D eigenvalue weighted by Crippen LogP contribution is -2.47. The molecule has 1 saturated heterocycles. The molecule has 3 nitrogen and oxygen atoms in total. The van der Waals surface area contributed by atoms with Crippen LogP contribution in [0.25, 0.3) is 0 Å². The molecule has 2 heterocycles. The third-order valence-electron chi connectivity index (χ3n) is 4.60. The average Bonchev–Trinajstić information content (AvgIpc) is 2.46. The lowest BCUT2D eigenvalue weighted by atomic mass is 9.78. The number of halogens is 1. The number of piperidine rings is 1. The number of hydrogen-bond donors (Lipinski definition) is 1. The highest BCUT2D eigenvalue weighted by atomic mass is 19.1. The summed E-state index contributed by atoms with van der Waals surface area (Å²) in [5.41, 5.74) is 0.617. The Balaban J connectivity index is 1.91. The van der Waals surface area contributed by atoms with Crippen LogP contribution in [0.2, 0.25) is 0 Å². The van der Waals surface area contributed by atoms with Gasteiger partial charge in [0.2, 0.25) is 0 Å². The molecule has 0 aromatic carbocycles. The second kappa shape index (κ2) is 5.45. The van der Waals surface area contributed by atoms with Crippen molar-refractivity contribution in [2.24, 2.45) is 5.92 Å². The molecular weight excluding hydrogens is 243 g/mol. The molecule has 19 heavy (non-hydrogen) atoms. The minimum absolute atomic E-state index is 0.145. The Morgan fingerprint density at radius 2 is 2.05 bits per heavy atom. The maximum absolute atomic E-state index is 13.2. The van der Waals surface area contributed by atoms with Crippen molar-refractivity contribution in [2.75, 3.05) is 11.4 Å². The van der Waals surface area contributed by atoms with Crippen molar-refractivity contribution >= 4 is 5.82 Å². The van der Waals surface area contributed by atoms with Crippen LogP contribution in [0, 0.1) is 11.7 Å². The van der Waals surface area contributed by atoms with Gasteiger partial charge < -0.3 is 10.0 Å². The number of nitrogens with zero attached hydrogens (tertiary/aromatic N) is 2. The zero-order valence-electron chi connectivity index (χ0n) is 11.2. The van der Waals surface area contributed by atoms with E-state index in [9.17, 15) is 9.50 Å². The summed E-state index contributed by atoms with van der Waals surface area (Å²) in [5.74, 6) is 1.17. The molecule has 1 N–H and O–H groups in total. The summed E-state index contributed by atoms with van der Waals surface area (Å²) in [6.45, 7) is 0.834. The summed E-state index contributed by atoms with van der Waals surface area (Å²) in [6, 6.07) is 1.94. The van der Waals surface area contributed by atoms with Crippen LogP contribution in [0.4, 0.5) is 10.2 Å². The largest absolute Gasteiger partial charge is 0.392 e. The van der Waals surface area contributed by atoms with Crippen LogP contribution in [-0.4, -0.2) is 22.7 Å². The van der Waals surface area contributed by atoms with Crippen LogP contribution in [0.15, 0.2) is 12.3 Å². The number of aromatic nitrogens is 1. The maximum atomic E-state index is 13.2. The molecule has 1 aromatic rings. The molecule has 2 atom stereocenters. The fourth-order valence-electron chi connectivity index (χ4n) is 3.74. The normalized spacial score (nSPS) is 27.2. The fraction of sp³-hybridized carbons (Fsp3) is 0.667. The molecule has 0 amide bonds. The standard InChI is InChI=1S/C15H21FN2O/c16-13-8-12(10-19)15(17-9-13)18-7-3-5-11-4-1-2-6-14(11)18/h8-9,11,14,19H,1-7,10H2. The molecule has 2 fully saturated rings. The molecule has 1 saturated carbocycles. The summed E-state index contributed by atoms with van der Waals surface area (Å²) in [4.78, 5) is 6.57. The van der Waals surface area contributed by atoms with Gasteiger partial charge in [0.25, 0.3) is 0 Å². The molecule has 1 aliphatic carbocycles. The predicted molar refractivity (Wildman–Crippen MR) is 72.4 cm³/mol. The number of hydrogen-bond acceptors (Lipinski definition) is 3. The van der Waals surface area contributed by atoms with Gasteiger partial charge >= 0.3 is 0 Å². The van der Waals surface area contributed by atoms with Gasteiger partial charge in [-0.1, -0.05) is 12.8 Å². The summed E-state index contributed by atoms with van der Waals surface area (Å²) < 4.78 is 13.2. The monoisotopic (exact) mass is 264 g/mol. The first-order chi connectivity index (χ1) is 9.29. The Morgan fingerprint density at radius 3 is 2.89 bits per heavy atom. The van der Waals surface area contributed by atoms with Gasteiger partial charge in [0.05, 0.1) is 12.8 Å². The van der Waals surface area contributed by atoms with Crippen LogP contribution in [-0.2, 0) is 6.61 Å². The van der Waals surface area contributed by atoms with Gasteiger partial charge in [-0.25, -0.2) is 9.37 Å². The van der Waals surface area contributed by atoms with E-state index in [4.69, 9.17) is 0 Å². The van der Waals surface area contributed by atoms with Gasteiger partial charge in [-0.15, -0.1) is 0 Å². The molecule has 0 bridgehead atoms. The highest BCUT2D eigenvalue weighted by Crippen LogP contribution is 2.38. The fourth-order valence-corrected chi connectivity index (χ4v) is 3.74. The van der Waals surface area contributed by atoms with E-state index in [1.165, 1.54) is 50.8 Å². The zero-order valence-corrected chi connectivity index (χ0v) is 11.2. The molecule has 2 unspecified atom stereocenters. The van der Waals surface area contributed by atoms with Gasteiger partial charge in [0.1, 0.15) is 11.6 Å². The second-order valence-electron chi connectivity index (χ2n) is 5.74. The average molecular weight is 264 g/mol.